The quantitative estimate of drug-likeness (QED) is 0.872. The van der Waals surface area contributed by atoms with Crippen LogP contribution in [-0.2, 0) is 10.3 Å². The second kappa shape index (κ2) is 6.57. The highest BCUT2D eigenvalue weighted by Gasteiger charge is 2.35. The van der Waals surface area contributed by atoms with E-state index in [1.807, 2.05) is 18.2 Å². The number of piperidine rings is 1. The van der Waals surface area contributed by atoms with E-state index in [0.717, 1.165) is 30.1 Å². The SMILES string of the molecule is Nc1nc(C2CCOC2)cc(N2CCC(O)(c3cccnc3)CC2)n1. The highest BCUT2D eigenvalue weighted by molar-refractivity contribution is 5.45. The number of aliphatic hydroxyl groups is 1. The molecule has 0 saturated carbocycles. The van der Waals surface area contributed by atoms with E-state index >= 15 is 0 Å². The summed E-state index contributed by atoms with van der Waals surface area (Å²) in [6.07, 6.45) is 5.70. The van der Waals surface area contributed by atoms with Crippen LogP contribution in [0.15, 0.2) is 30.6 Å². The van der Waals surface area contributed by atoms with Crippen LogP contribution < -0.4 is 10.6 Å². The smallest absolute Gasteiger partial charge is 0.222 e. The van der Waals surface area contributed by atoms with E-state index in [0.29, 0.717) is 44.4 Å². The number of hydrogen-bond donors (Lipinski definition) is 2. The van der Waals surface area contributed by atoms with Gasteiger partial charge < -0.3 is 20.5 Å². The summed E-state index contributed by atoms with van der Waals surface area (Å²) in [5.74, 6) is 1.43. The van der Waals surface area contributed by atoms with Crippen molar-refractivity contribution in [1.82, 2.24) is 15.0 Å². The monoisotopic (exact) mass is 341 g/mol. The van der Waals surface area contributed by atoms with Crippen LogP contribution in [0.3, 0.4) is 0 Å². The van der Waals surface area contributed by atoms with Crippen molar-refractivity contribution >= 4 is 11.8 Å². The molecule has 1 unspecified atom stereocenters. The van der Waals surface area contributed by atoms with Crippen LogP contribution in [0.2, 0.25) is 0 Å². The van der Waals surface area contributed by atoms with Crippen molar-refractivity contribution in [3.63, 3.8) is 0 Å². The number of nitrogens with zero attached hydrogens (tertiary/aromatic N) is 4. The van der Waals surface area contributed by atoms with Crippen molar-refractivity contribution in [2.45, 2.75) is 30.8 Å². The predicted octanol–water partition coefficient (Wildman–Crippen LogP) is 1.45. The first-order valence-corrected chi connectivity index (χ1v) is 8.74. The molecule has 0 amide bonds. The molecule has 2 aromatic heterocycles. The zero-order valence-electron chi connectivity index (χ0n) is 14.1. The van der Waals surface area contributed by atoms with Gasteiger partial charge in [0.15, 0.2) is 0 Å². The van der Waals surface area contributed by atoms with Gasteiger partial charge in [0.25, 0.3) is 0 Å². The summed E-state index contributed by atoms with van der Waals surface area (Å²) in [5, 5.41) is 10.9. The number of anilines is 2. The fraction of sp³-hybridized carbons (Fsp3) is 0.500. The van der Waals surface area contributed by atoms with Gasteiger partial charge in [0.1, 0.15) is 5.82 Å². The van der Waals surface area contributed by atoms with Crippen molar-refractivity contribution in [1.29, 1.82) is 0 Å². The van der Waals surface area contributed by atoms with Crippen LogP contribution in [-0.4, -0.2) is 46.4 Å². The van der Waals surface area contributed by atoms with Gasteiger partial charge in [-0.3, -0.25) is 4.98 Å². The van der Waals surface area contributed by atoms with Gasteiger partial charge >= 0.3 is 0 Å². The summed E-state index contributed by atoms with van der Waals surface area (Å²) in [6.45, 7) is 2.88. The maximum atomic E-state index is 10.9. The molecule has 3 N–H and O–H groups in total. The lowest BCUT2D eigenvalue weighted by Crippen LogP contribution is -2.43. The third-order valence-electron chi connectivity index (χ3n) is 5.21. The van der Waals surface area contributed by atoms with E-state index in [-0.39, 0.29) is 0 Å². The zero-order valence-corrected chi connectivity index (χ0v) is 14.1. The lowest BCUT2D eigenvalue weighted by molar-refractivity contribution is 0.0113. The standard InChI is InChI=1S/C18H23N5O2/c19-17-21-15(13-3-9-25-12-13)10-16(22-17)23-7-4-18(24,5-8-23)14-2-1-6-20-11-14/h1-2,6,10-11,13,24H,3-5,7-9,12H2,(H2,19,21,22). The topological polar surface area (TPSA) is 97.4 Å². The van der Waals surface area contributed by atoms with Crippen LogP contribution in [0.1, 0.15) is 36.4 Å². The number of nitrogen functional groups attached to an aromatic ring is 1. The summed E-state index contributed by atoms with van der Waals surface area (Å²) < 4.78 is 5.46. The number of ether oxygens (including phenoxy) is 1. The maximum Gasteiger partial charge on any atom is 0.222 e. The number of aromatic nitrogens is 3. The van der Waals surface area contributed by atoms with Gasteiger partial charge in [0.05, 0.1) is 17.9 Å². The molecule has 0 spiro atoms. The van der Waals surface area contributed by atoms with Gasteiger partial charge in [0, 0.05) is 49.6 Å². The van der Waals surface area contributed by atoms with Crippen LogP contribution >= 0.6 is 0 Å². The molecule has 25 heavy (non-hydrogen) atoms. The fourth-order valence-electron chi connectivity index (χ4n) is 3.64. The maximum absolute atomic E-state index is 10.9. The summed E-state index contributed by atoms with van der Waals surface area (Å²) in [5.41, 5.74) is 6.93. The molecule has 0 aliphatic carbocycles. The number of hydrogen-bond acceptors (Lipinski definition) is 7. The number of nitrogens with two attached hydrogens (primary N) is 1. The Morgan fingerprint density at radius 1 is 1.28 bits per heavy atom. The normalized spacial score (nSPS) is 22.9. The van der Waals surface area contributed by atoms with Gasteiger partial charge in [-0.25, -0.2) is 4.98 Å². The molecule has 2 fully saturated rings. The molecule has 2 aromatic rings. The van der Waals surface area contributed by atoms with Gasteiger partial charge in [-0.2, -0.15) is 4.98 Å². The molecule has 0 bridgehead atoms. The Kier molecular flexibility index (Phi) is 4.27. The summed E-state index contributed by atoms with van der Waals surface area (Å²) in [4.78, 5) is 15.1. The number of rotatable bonds is 3. The minimum atomic E-state index is -0.828. The second-order valence-corrected chi connectivity index (χ2v) is 6.83. The summed E-state index contributed by atoms with van der Waals surface area (Å²) in [6, 6.07) is 5.81. The average Bonchev–Trinajstić information content (AvgIpc) is 3.17. The molecule has 4 heterocycles. The minimum Gasteiger partial charge on any atom is -0.385 e. The Balaban J connectivity index is 1.51. The Morgan fingerprint density at radius 2 is 2.12 bits per heavy atom. The van der Waals surface area contributed by atoms with Crippen LogP contribution in [0, 0.1) is 0 Å². The highest BCUT2D eigenvalue weighted by Crippen LogP contribution is 2.34. The lowest BCUT2D eigenvalue weighted by atomic mass is 9.85. The van der Waals surface area contributed by atoms with Gasteiger partial charge in [0.2, 0.25) is 5.95 Å². The largest absolute Gasteiger partial charge is 0.385 e. The van der Waals surface area contributed by atoms with Crippen molar-refractivity contribution in [2.24, 2.45) is 0 Å². The molecule has 7 heteroatoms. The molecule has 7 nitrogen and oxygen atoms in total. The van der Waals surface area contributed by atoms with Gasteiger partial charge in [-0.15, -0.1) is 0 Å². The van der Waals surface area contributed by atoms with Crippen LogP contribution in [0.5, 0.6) is 0 Å². The second-order valence-electron chi connectivity index (χ2n) is 6.83. The van der Waals surface area contributed by atoms with Crippen molar-refractivity contribution in [2.75, 3.05) is 36.9 Å². The first kappa shape index (κ1) is 16.2. The molecule has 2 aliphatic rings. The van der Waals surface area contributed by atoms with Gasteiger partial charge in [-0.1, -0.05) is 6.07 Å². The zero-order chi connectivity index (χ0) is 17.3. The van der Waals surface area contributed by atoms with Crippen molar-refractivity contribution < 1.29 is 9.84 Å². The molecule has 2 saturated heterocycles. The van der Waals surface area contributed by atoms with E-state index in [4.69, 9.17) is 10.5 Å². The third-order valence-corrected chi connectivity index (χ3v) is 5.21. The molecule has 132 valence electrons. The Labute approximate surface area is 146 Å². The Hall–Kier alpha value is -2.25. The molecular weight excluding hydrogens is 318 g/mol. The summed E-state index contributed by atoms with van der Waals surface area (Å²) >= 11 is 0. The Bertz CT molecular complexity index is 726. The average molecular weight is 341 g/mol. The molecule has 2 aliphatic heterocycles. The van der Waals surface area contributed by atoms with E-state index in [2.05, 4.69) is 19.9 Å². The molecule has 1 atom stereocenters. The predicted molar refractivity (Wildman–Crippen MR) is 94.2 cm³/mol. The van der Waals surface area contributed by atoms with E-state index < -0.39 is 5.60 Å². The highest BCUT2D eigenvalue weighted by atomic mass is 16.5. The van der Waals surface area contributed by atoms with E-state index in [9.17, 15) is 5.11 Å². The van der Waals surface area contributed by atoms with E-state index in [1.54, 1.807) is 12.4 Å². The lowest BCUT2D eigenvalue weighted by Gasteiger charge is -2.39. The first-order valence-electron chi connectivity index (χ1n) is 8.74. The van der Waals surface area contributed by atoms with E-state index in [1.165, 1.54) is 0 Å². The van der Waals surface area contributed by atoms with Gasteiger partial charge in [-0.05, 0) is 25.3 Å². The molecule has 0 aromatic carbocycles. The fourth-order valence-corrected chi connectivity index (χ4v) is 3.64. The van der Waals surface area contributed by atoms with Crippen LogP contribution in [0.4, 0.5) is 11.8 Å². The van der Waals surface area contributed by atoms with Crippen molar-refractivity contribution in [3.8, 4) is 0 Å². The summed E-state index contributed by atoms with van der Waals surface area (Å²) in [7, 11) is 0. The minimum absolute atomic E-state index is 0.293. The number of pyridine rings is 1. The molecule has 0 radical (unpaired) electrons. The molecular formula is C18H23N5O2. The van der Waals surface area contributed by atoms with Crippen LogP contribution in [0.25, 0.3) is 0 Å². The van der Waals surface area contributed by atoms with Crippen molar-refractivity contribution in [3.05, 3.63) is 41.9 Å². The Morgan fingerprint density at radius 3 is 2.80 bits per heavy atom. The first-order chi connectivity index (χ1) is 12.1. The molecule has 4 rings (SSSR count). The third kappa shape index (κ3) is 3.29.